The fourth-order valence-electron chi connectivity index (χ4n) is 4.23. The number of anilines is 2. The lowest BCUT2D eigenvalue weighted by Crippen LogP contribution is -2.39. The van der Waals surface area contributed by atoms with Crippen LogP contribution < -0.4 is 20.9 Å². The van der Waals surface area contributed by atoms with Crippen LogP contribution in [0, 0.1) is 0 Å². The molecule has 1 aliphatic heterocycles. The molecule has 0 amide bonds. The average molecular weight is 444 g/mol. The smallest absolute Gasteiger partial charge is 0.332 e. The van der Waals surface area contributed by atoms with Gasteiger partial charge in [0.25, 0.3) is 5.56 Å². The van der Waals surface area contributed by atoms with Gasteiger partial charge in [0.1, 0.15) is 5.75 Å². The number of aromatic nitrogens is 4. The van der Waals surface area contributed by atoms with Gasteiger partial charge in [-0.2, -0.15) is 4.98 Å². The zero-order valence-electron chi connectivity index (χ0n) is 18.6. The molecular formula is C25H25N5O3. The number of ether oxygens (including phenoxy) is 1. The van der Waals surface area contributed by atoms with Gasteiger partial charge >= 0.3 is 5.69 Å². The summed E-state index contributed by atoms with van der Waals surface area (Å²) in [5.41, 5.74) is 2.13. The Bertz CT molecular complexity index is 1450. The lowest BCUT2D eigenvalue weighted by molar-refractivity contribution is 0.340. The van der Waals surface area contributed by atoms with Crippen LogP contribution in [0.2, 0.25) is 0 Å². The van der Waals surface area contributed by atoms with Crippen molar-refractivity contribution in [3.8, 4) is 5.75 Å². The number of hydrogen-bond donors (Lipinski definition) is 0. The van der Waals surface area contributed by atoms with Crippen molar-refractivity contribution in [1.82, 2.24) is 18.7 Å². The minimum absolute atomic E-state index is 0.194. The van der Waals surface area contributed by atoms with E-state index < -0.39 is 0 Å². The number of nitrogens with zero attached hydrogens (tertiary/aromatic N) is 5. The van der Waals surface area contributed by atoms with Crippen LogP contribution in [0.4, 0.5) is 11.6 Å². The molecule has 0 unspecified atom stereocenters. The number of allylic oxidation sites excluding steroid dienone is 1. The van der Waals surface area contributed by atoms with Crippen LogP contribution in [-0.2, 0) is 20.1 Å². The summed E-state index contributed by atoms with van der Waals surface area (Å²) >= 11 is 0. The van der Waals surface area contributed by atoms with Crippen LogP contribution in [0.15, 0.2) is 70.3 Å². The number of imidazole rings is 1. The van der Waals surface area contributed by atoms with Crippen LogP contribution in [0.25, 0.3) is 17.2 Å². The topological polar surface area (TPSA) is 74.3 Å². The van der Waals surface area contributed by atoms with E-state index in [0.717, 1.165) is 17.0 Å². The maximum Gasteiger partial charge on any atom is 0.332 e. The second kappa shape index (κ2) is 8.46. The predicted molar refractivity (Wildman–Crippen MR) is 129 cm³/mol. The summed E-state index contributed by atoms with van der Waals surface area (Å²) in [6.07, 6.45) is 3.74. The number of benzene rings is 2. The minimum Gasteiger partial charge on any atom is -0.494 e. The van der Waals surface area contributed by atoms with Gasteiger partial charge in [-0.05, 0) is 36.8 Å². The first kappa shape index (κ1) is 20.8. The van der Waals surface area contributed by atoms with E-state index in [-0.39, 0.29) is 17.8 Å². The first-order valence-corrected chi connectivity index (χ1v) is 11.0. The molecule has 2 aromatic heterocycles. The Morgan fingerprint density at radius 1 is 1.03 bits per heavy atom. The van der Waals surface area contributed by atoms with Crippen LogP contribution >= 0.6 is 0 Å². The van der Waals surface area contributed by atoms with E-state index in [1.165, 1.54) is 9.13 Å². The summed E-state index contributed by atoms with van der Waals surface area (Å²) in [6.45, 7) is 4.07. The molecule has 0 saturated carbocycles. The Kier molecular flexibility index (Phi) is 5.34. The Balaban J connectivity index is 1.53. The molecule has 8 nitrogen and oxygen atoms in total. The van der Waals surface area contributed by atoms with E-state index in [4.69, 9.17) is 4.74 Å². The van der Waals surface area contributed by atoms with Gasteiger partial charge in [-0.15, -0.1) is 0 Å². The molecule has 0 saturated heterocycles. The molecule has 0 N–H and O–H groups in total. The third-order valence-electron chi connectivity index (χ3n) is 5.86. The van der Waals surface area contributed by atoms with Crippen molar-refractivity contribution in [3.05, 3.63) is 87.1 Å². The number of fused-ring (bicyclic) bond motifs is 3. The standard InChI is InChI=1S/C25H25N5O3/c1-3-33-20-13-11-19(12-14-20)28-16-17-29-21-22(26-24(28)29)27(2)25(32)30(23(21)31)15-7-10-18-8-5-4-6-9-18/h4-14H,3,15-17H2,1-2H3/b10-7+. The number of aryl methyl sites for hydroxylation is 1. The highest BCUT2D eigenvalue weighted by atomic mass is 16.5. The van der Waals surface area contributed by atoms with Gasteiger partial charge in [0.15, 0.2) is 11.2 Å². The van der Waals surface area contributed by atoms with Crippen molar-refractivity contribution in [1.29, 1.82) is 0 Å². The Labute approximate surface area is 190 Å². The van der Waals surface area contributed by atoms with E-state index in [0.29, 0.717) is 36.8 Å². The van der Waals surface area contributed by atoms with E-state index >= 15 is 0 Å². The molecule has 5 rings (SSSR count). The molecule has 0 aliphatic carbocycles. The predicted octanol–water partition coefficient (Wildman–Crippen LogP) is 3.16. The van der Waals surface area contributed by atoms with Crippen LogP contribution in [0.3, 0.4) is 0 Å². The zero-order chi connectivity index (χ0) is 22.9. The summed E-state index contributed by atoms with van der Waals surface area (Å²) in [4.78, 5) is 33.0. The zero-order valence-corrected chi connectivity index (χ0v) is 18.6. The van der Waals surface area contributed by atoms with E-state index in [1.54, 1.807) is 7.05 Å². The second-order valence-corrected chi connectivity index (χ2v) is 7.88. The lowest BCUT2D eigenvalue weighted by Gasteiger charge is -2.16. The van der Waals surface area contributed by atoms with Crippen molar-refractivity contribution < 1.29 is 4.74 Å². The largest absolute Gasteiger partial charge is 0.494 e. The van der Waals surface area contributed by atoms with Gasteiger partial charge in [-0.3, -0.25) is 13.9 Å². The molecule has 0 radical (unpaired) electrons. The monoisotopic (exact) mass is 443 g/mol. The van der Waals surface area contributed by atoms with Gasteiger partial charge in [0.05, 0.1) is 6.61 Å². The molecule has 8 heteroatoms. The molecule has 0 spiro atoms. The highest BCUT2D eigenvalue weighted by molar-refractivity contribution is 5.77. The summed E-state index contributed by atoms with van der Waals surface area (Å²) in [5, 5.41) is 0. The minimum atomic E-state index is -0.380. The van der Waals surface area contributed by atoms with E-state index in [2.05, 4.69) is 9.88 Å². The maximum absolute atomic E-state index is 13.3. The molecule has 4 aromatic rings. The summed E-state index contributed by atoms with van der Waals surface area (Å²) in [7, 11) is 1.66. The quantitative estimate of drug-likeness (QED) is 0.458. The fourth-order valence-corrected chi connectivity index (χ4v) is 4.23. The SMILES string of the molecule is CCOc1ccc(N2CCn3c2nc2c3c(=O)n(C/C=C/c3ccccc3)c(=O)n2C)cc1. The van der Waals surface area contributed by atoms with Crippen molar-refractivity contribution in [2.24, 2.45) is 7.05 Å². The Hall–Kier alpha value is -4.07. The van der Waals surface area contributed by atoms with Gasteiger partial charge in [-0.1, -0.05) is 42.5 Å². The highest BCUT2D eigenvalue weighted by Gasteiger charge is 2.28. The summed E-state index contributed by atoms with van der Waals surface area (Å²) < 4.78 is 10.2. The summed E-state index contributed by atoms with van der Waals surface area (Å²) in [6, 6.07) is 17.6. The molecule has 168 valence electrons. The molecule has 0 bridgehead atoms. The van der Waals surface area contributed by atoms with Crippen molar-refractivity contribution in [2.45, 2.75) is 20.0 Å². The van der Waals surface area contributed by atoms with Crippen molar-refractivity contribution >= 4 is 28.9 Å². The Morgan fingerprint density at radius 3 is 2.52 bits per heavy atom. The van der Waals surface area contributed by atoms with Gasteiger partial charge in [0.2, 0.25) is 5.95 Å². The first-order valence-electron chi connectivity index (χ1n) is 11.0. The van der Waals surface area contributed by atoms with E-state index in [9.17, 15) is 9.59 Å². The molecular weight excluding hydrogens is 418 g/mol. The maximum atomic E-state index is 13.3. The van der Waals surface area contributed by atoms with Crippen molar-refractivity contribution in [3.63, 3.8) is 0 Å². The summed E-state index contributed by atoms with van der Waals surface area (Å²) in [5.74, 6) is 1.47. The lowest BCUT2D eigenvalue weighted by atomic mass is 10.2. The third kappa shape index (κ3) is 3.63. The van der Waals surface area contributed by atoms with Gasteiger partial charge in [-0.25, -0.2) is 4.79 Å². The normalized spacial score (nSPS) is 13.2. The first-order chi connectivity index (χ1) is 16.1. The van der Waals surface area contributed by atoms with Crippen molar-refractivity contribution in [2.75, 3.05) is 18.1 Å². The number of hydrogen-bond acceptors (Lipinski definition) is 5. The molecule has 1 aliphatic rings. The van der Waals surface area contributed by atoms with Gasteiger partial charge < -0.3 is 14.2 Å². The molecule has 2 aromatic carbocycles. The van der Waals surface area contributed by atoms with E-state index in [1.807, 2.05) is 78.2 Å². The van der Waals surface area contributed by atoms with Crippen LogP contribution in [0.1, 0.15) is 12.5 Å². The van der Waals surface area contributed by atoms with Crippen LogP contribution in [-0.4, -0.2) is 31.8 Å². The molecule has 0 atom stereocenters. The van der Waals surface area contributed by atoms with Crippen LogP contribution in [0.5, 0.6) is 5.75 Å². The average Bonchev–Trinajstić information content (AvgIpc) is 3.41. The molecule has 0 fully saturated rings. The Morgan fingerprint density at radius 2 is 1.79 bits per heavy atom. The fraction of sp³-hybridized carbons (Fsp3) is 0.240. The second-order valence-electron chi connectivity index (χ2n) is 7.88. The van der Waals surface area contributed by atoms with Gasteiger partial charge in [0, 0.05) is 32.4 Å². The molecule has 33 heavy (non-hydrogen) atoms. The number of rotatable bonds is 6. The molecule has 3 heterocycles. The highest BCUT2D eigenvalue weighted by Crippen LogP contribution is 2.32. The third-order valence-corrected chi connectivity index (χ3v) is 5.86.